The summed E-state index contributed by atoms with van der Waals surface area (Å²) in [6, 6.07) is 0. The molecule has 0 amide bonds. The first-order chi connectivity index (χ1) is 17.0. The molecule has 23 heteroatoms. The van der Waals surface area contributed by atoms with Crippen molar-refractivity contribution in [2.24, 2.45) is 0 Å². The van der Waals surface area contributed by atoms with Gasteiger partial charge in [0.2, 0.25) is 9.84 Å². The fourth-order valence-electron chi connectivity index (χ4n) is 2.27. The van der Waals surface area contributed by atoms with Gasteiger partial charge in [0.1, 0.15) is 6.61 Å². The Balaban J connectivity index is 6.11. The van der Waals surface area contributed by atoms with Crippen molar-refractivity contribution in [3.8, 4) is 0 Å². The number of rotatable bonds is 15. The van der Waals surface area contributed by atoms with E-state index < -0.39 is 88.1 Å². The molecule has 0 saturated heterocycles. The average molecular weight is 639 g/mol. The zero-order valence-electron chi connectivity index (χ0n) is 18.3. The largest absolute Gasteiger partial charge is 0.461 e. The van der Waals surface area contributed by atoms with Crippen LogP contribution in [0.4, 0.5) is 74.6 Å². The number of nitrogens with one attached hydrogen (secondary N) is 1. The fraction of sp³-hybridized carbons (Fsp3) is 0.812. The lowest BCUT2D eigenvalue weighted by atomic mass is 9.91. The van der Waals surface area contributed by atoms with Gasteiger partial charge in [0.25, 0.3) is 0 Å². The van der Waals surface area contributed by atoms with E-state index in [9.17, 15) is 87.8 Å². The van der Waals surface area contributed by atoms with Crippen LogP contribution in [-0.2, 0) is 19.4 Å². The van der Waals surface area contributed by atoms with E-state index in [1.165, 1.54) is 0 Å². The van der Waals surface area contributed by atoms with Crippen LogP contribution in [0.5, 0.6) is 0 Å². The van der Waals surface area contributed by atoms with Crippen LogP contribution in [0.25, 0.3) is 0 Å². The fourth-order valence-corrected chi connectivity index (χ4v) is 3.57. The van der Waals surface area contributed by atoms with Crippen molar-refractivity contribution in [3.63, 3.8) is 0 Å². The predicted octanol–water partition coefficient (Wildman–Crippen LogP) is 5.08. The molecule has 5 nitrogen and oxygen atoms in total. The number of esters is 1. The molecule has 39 heavy (non-hydrogen) atoms. The number of alkyl halides is 17. The Morgan fingerprint density at radius 2 is 1.05 bits per heavy atom. The van der Waals surface area contributed by atoms with Crippen LogP contribution in [0.15, 0.2) is 12.7 Å². The van der Waals surface area contributed by atoms with Gasteiger partial charge in [-0.15, -0.1) is 0 Å². The molecule has 0 aliphatic rings. The molecule has 0 heterocycles. The molecule has 1 N–H and O–H groups in total. The monoisotopic (exact) mass is 639 g/mol. The SMILES string of the molecule is C=CC(=O)OCCNCCCS(=O)(=O)C(F)(F)C(F)(F)C(F)(F)C(F)(F)C(F)(F)C(F)(F)C(F)(F)C(F)(F)F. The molecule has 0 aromatic rings. The maximum Gasteiger partial charge on any atom is 0.460 e. The zero-order chi connectivity index (χ0) is 31.7. The van der Waals surface area contributed by atoms with Crippen LogP contribution >= 0.6 is 0 Å². The summed E-state index contributed by atoms with van der Waals surface area (Å²) in [5.41, 5.74) is 0. The Kier molecular flexibility index (Phi) is 10.5. The van der Waals surface area contributed by atoms with Crippen LogP contribution in [0.2, 0.25) is 0 Å². The Morgan fingerprint density at radius 3 is 1.44 bits per heavy atom. The van der Waals surface area contributed by atoms with Gasteiger partial charge in [0.15, 0.2) is 0 Å². The van der Waals surface area contributed by atoms with E-state index in [2.05, 4.69) is 16.6 Å². The summed E-state index contributed by atoms with van der Waals surface area (Å²) in [4.78, 5) is 10.7. The van der Waals surface area contributed by atoms with Crippen molar-refractivity contribution in [2.75, 3.05) is 25.4 Å². The maximum absolute atomic E-state index is 13.9. The van der Waals surface area contributed by atoms with Gasteiger partial charge in [-0.05, 0) is 13.0 Å². The molecule has 0 aromatic carbocycles. The van der Waals surface area contributed by atoms with Gasteiger partial charge in [0.05, 0.1) is 5.75 Å². The van der Waals surface area contributed by atoms with Crippen LogP contribution in [0.3, 0.4) is 0 Å². The summed E-state index contributed by atoms with van der Waals surface area (Å²) in [6.07, 6.45) is -8.44. The van der Waals surface area contributed by atoms with Crippen molar-refractivity contribution < 1.29 is 92.6 Å². The average Bonchev–Trinajstić information content (AvgIpc) is 2.76. The van der Waals surface area contributed by atoms with E-state index in [4.69, 9.17) is 0 Å². The summed E-state index contributed by atoms with van der Waals surface area (Å²) in [5, 5.41) is -5.39. The molecule has 0 aromatic heterocycles. The Morgan fingerprint density at radius 1 is 0.667 bits per heavy atom. The molecule has 232 valence electrons. The van der Waals surface area contributed by atoms with E-state index in [1.807, 2.05) is 0 Å². The topological polar surface area (TPSA) is 72.5 Å². The third-order valence-electron chi connectivity index (χ3n) is 4.54. The molecule has 0 aliphatic heterocycles. The second-order valence-corrected chi connectivity index (χ2v) is 9.41. The number of sulfone groups is 1. The maximum atomic E-state index is 13.9. The molecule has 0 unspecified atom stereocenters. The van der Waals surface area contributed by atoms with Gasteiger partial charge in [-0.25, -0.2) is 13.2 Å². The number of ether oxygens (including phenoxy) is 1. The van der Waals surface area contributed by atoms with Gasteiger partial charge in [-0.2, -0.15) is 74.6 Å². The first-order valence-corrected chi connectivity index (χ1v) is 11.0. The molecule has 0 spiro atoms. The van der Waals surface area contributed by atoms with E-state index >= 15 is 0 Å². The van der Waals surface area contributed by atoms with Crippen molar-refractivity contribution in [1.29, 1.82) is 0 Å². The lowest BCUT2D eigenvalue weighted by molar-refractivity contribution is -0.458. The normalized spacial score (nSPS) is 15.3. The second-order valence-electron chi connectivity index (χ2n) is 7.25. The smallest absolute Gasteiger partial charge is 0.460 e. The minimum Gasteiger partial charge on any atom is -0.461 e. The van der Waals surface area contributed by atoms with E-state index in [1.54, 1.807) is 0 Å². The van der Waals surface area contributed by atoms with Crippen molar-refractivity contribution in [1.82, 2.24) is 5.32 Å². The Hall–Kier alpha value is -2.07. The highest BCUT2D eigenvalue weighted by molar-refractivity contribution is 7.92. The van der Waals surface area contributed by atoms with Crippen molar-refractivity contribution >= 4 is 15.8 Å². The first kappa shape index (κ1) is 36.9. The number of carbonyl (C=O) groups excluding carboxylic acids is 1. The standard InChI is InChI=1S/C16H14F17NO4S/c1-2-8(35)38-6-5-34-4-3-7-39(36,37)16(32,33)14(27,28)12(23,24)10(19,20)9(17,18)11(21,22)13(25,26)15(29,30)31/h2,34H,1,3-7H2. The molecular weight excluding hydrogens is 625 g/mol. The highest BCUT2D eigenvalue weighted by atomic mass is 32.2. The summed E-state index contributed by atoms with van der Waals surface area (Å²) in [5.74, 6) is -55.0. The number of carbonyl (C=O) groups is 1. The van der Waals surface area contributed by atoms with Crippen LogP contribution in [0.1, 0.15) is 6.42 Å². The molecular formula is C16H14F17NO4S. The van der Waals surface area contributed by atoms with E-state index in [0.717, 1.165) is 0 Å². The van der Waals surface area contributed by atoms with Crippen LogP contribution in [-0.4, -0.2) is 86.8 Å². The third kappa shape index (κ3) is 6.01. The predicted molar refractivity (Wildman–Crippen MR) is 93.1 cm³/mol. The Labute approximate surface area is 206 Å². The molecule has 0 aliphatic carbocycles. The minimum absolute atomic E-state index is 0.373. The van der Waals surface area contributed by atoms with Gasteiger partial charge in [-0.3, -0.25) is 0 Å². The quantitative estimate of drug-likeness (QED) is 0.117. The minimum atomic E-state index is -8.86. The van der Waals surface area contributed by atoms with E-state index in [-0.39, 0.29) is 6.54 Å². The van der Waals surface area contributed by atoms with Crippen molar-refractivity contribution in [2.45, 2.75) is 53.4 Å². The summed E-state index contributed by atoms with van der Waals surface area (Å²) < 4.78 is 252. The van der Waals surface area contributed by atoms with Gasteiger partial charge in [0, 0.05) is 12.6 Å². The highest BCUT2D eigenvalue weighted by Gasteiger charge is 2.96. The lowest BCUT2D eigenvalue weighted by Crippen LogP contribution is -2.75. The molecule has 0 fully saturated rings. The highest BCUT2D eigenvalue weighted by Crippen LogP contribution is 2.64. The van der Waals surface area contributed by atoms with Gasteiger partial charge >= 0.3 is 52.9 Å². The summed E-state index contributed by atoms with van der Waals surface area (Å²) in [6.45, 7) is 1.36. The van der Waals surface area contributed by atoms with Crippen molar-refractivity contribution in [3.05, 3.63) is 12.7 Å². The summed E-state index contributed by atoms with van der Waals surface area (Å²) >= 11 is 0. The molecule has 0 saturated carbocycles. The third-order valence-corrected chi connectivity index (χ3v) is 6.40. The van der Waals surface area contributed by atoms with Crippen LogP contribution < -0.4 is 5.32 Å². The van der Waals surface area contributed by atoms with Gasteiger partial charge in [-0.1, -0.05) is 6.58 Å². The summed E-state index contributed by atoms with van der Waals surface area (Å²) in [7, 11) is -7.10. The molecule has 0 atom stereocenters. The van der Waals surface area contributed by atoms with E-state index in [0.29, 0.717) is 6.08 Å². The van der Waals surface area contributed by atoms with Gasteiger partial charge < -0.3 is 10.1 Å². The zero-order valence-corrected chi connectivity index (χ0v) is 19.1. The second kappa shape index (κ2) is 11.1. The molecule has 0 bridgehead atoms. The van der Waals surface area contributed by atoms with Crippen LogP contribution in [0, 0.1) is 0 Å². The number of hydrogen-bond donors (Lipinski definition) is 1. The molecule has 0 radical (unpaired) electrons. The Bertz CT molecular complexity index is 991. The lowest BCUT2D eigenvalue weighted by Gasteiger charge is -2.42. The number of halogens is 17. The molecule has 0 rings (SSSR count). The first-order valence-electron chi connectivity index (χ1n) is 9.39. The number of hydrogen-bond acceptors (Lipinski definition) is 5.